The largest absolute Gasteiger partial charge is 0.494 e. The fourth-order valence-corrected chi connectivity index (χ4v) is 2.97. The van der Waals surface area contributed by atoms with E-state index in [0.29, 0.717) is 29.7 Å². The summed E-state index contributed by atoms with van der Waals surface area (Å²) in [4.78, 5) is 25.1. The molecule has 0 aliphatic rings. The van der Waals surface area contributed by atoms with Crippen molar-refractivity contribution in [3.8, 4) is 23.0 Å². The van der Waals surface area contributed by atoms with Gasteiger partial charge in [0, 0.05) is 17.2 Å². The van der Waals surface area contributed by atoms with E-state index >= 15 is 0 Å². The molecule has 0 aliphatic carbocycles. The van der Waals surface area contributed by atoms with Gasteiger partial charge in [-0.25, -0.2) is 0 Å². The molecular weight excluding hydrogens is 438 g/mol. The first-order chi connectivity index (χ1) is 15.4. The van der Waals surface area contributed by atoms with E-state index in [0.717, 1.165) is 0 Å². The average molecular weight is 464 g/mol. The second-order valence-electron chi connectivity index (χ2n) is 6.37. The zero-order valence-electron chi connectivity index (χ0n) is 18.6. The standard InChI is InChI=1S/C22H26ClN3O6/c1-6-31-15-9-8-10-16(32-7-2)21(15)26-25-19(13(3)27)22(28)24-20-17(29-4)11-14(23)12-18(20)30-5/h8-12,19H,6-7H2,1-5H3,(H,24,28). The van der Waals surface area contributed by atoms with Gasteiger partial charge in [0.1, 0.15) is 17.2 Å². The lowest BCUT2D eigenvalue weighted by atomic mass is 10.2. The van der Waals surface area contributed by atoms with E-state index in [4.69, 9.17) is 30.5 Å². The smallest absolute Gasteiger partial charge is 0.259 e. The number of ether oxygens (including phenoxy) is 4. The molecule has 32 heavy (non-hydrogen) atoms. The Morgan fingerprint density at radius 3 is 1.97 bits per heavy atom. The molecule has 0 bridgehead atoms. The molecule has 0 aromatic heterocycles. The third-order valence-corrected chi connectivity index (χ3v) is 4.41. The molecule has 1 amide bonds. The molecule has 10 heteroatoms. The van der Waals surface area contributed by atoms with Crippen molar-refractivity contribution in [2.75, 3.05) is 32.8 Å². The van der Waals surface area contributed by atoms with Gasteiger partial charge in [0.05, 0.1) is 27.4 Å². The van der Waals surface area contributed by atoms with Gasteiger partial charge in [0.2, 0.25) is 6.04 Å². The van der Waals surface area contributed by atoms with Gasteiger partial charge in [-0.15, -0.1) is 5.11 Å². The van der Waals surface area contributed by atoms with E-state index < -0.39 is 17.7 Å². The monoisotopic (exact) mass is 463 g/mol. The number of carbonyl (C=O) groups excluding carboxylic acids is 2. The number of hydrogen-bond donors (Lipinski definition) is 1. The predicted octanol–water partition coefficient (Wildman–Crippen LogP) is 4.83. The molecule has 0 spiro atoms. The number of anilines is 1. The Kier molecular flexibility index (Phi) is 9.27. The first kappa shape index (κ1) is 24.9. The average Bonchev–Trinajstić information content (AvgIpc) is 2.76. The van der Waals surface area contributed by atoms with Crippen molar-refractivity contribution >= 4 is 34.7 Å². The maximum Gasteiger partial charge on any atom is 0.259 e. The Morgan fingerprint density at radius 1 is 1.00 bits per heavy atom. The molecule has 172 valence electrons. The number of ketones is 1. The lowest BCUT2D eigenvalue weighted by Crippen LogP contribution is -2.32. The highest BCUT2D eigenvalue weighted by Gasteiger charge is 2.26. The molecular formula is C22H26ClN3O6. The van der Waals surface area contributed by atoms with Crippen molar-refractivity contribution in [3.05, 3.63) is 35.4 Å². The van der Waals surface area contributed by atoms with Gasteiger partial charge in [-0.3, -0.25) is 9.59 Å². The van der Waals surface area contributed by atoms with E-state index in [1.54, 1.807) is 18.2 Å². The van der Waals surface area contributed by atoms with Gasteiger partial charge in [-0.05, 0) is 32.9 Å². The number of nitrogens with one attached hydrogen (secondary N) is 1. The van der Waals surface area contributed by atoms with Gasteiger partial charge in [0.25, 0.3) is 5.91 Å². The summed E-state index contributed by atoms with van der Waals surface area (Å²) in [6.07, 6.45) is 0. The summed E-state index contributed by atoms with van der Waals surface area (Å²) < 4.78 is 21.7. The third-order valence-electron chi connectivity index (χ3n) is 4.19. The first-order valence-corrected chi connectivity index (χ1v) is 10.3. The van der Waals surface area contributed by atoms with Crippen LogP contribution in [0.25, 0.3) is 0 Å². The van der Waals surface area contributed by atoms with Crippen LogP contribution in [0.5, 0.6) is 23.0 Å². The number of amides is 1. The Hall–Kier alpha value is -3.33. The molecule has 0 heterocycles. The highest BCUT2D eigenvalue weighted by molar-refractivity contribution is 6.31. The van der Waals surface area contributed by atoms with Crippen LogP contribution in [0.3, 0.4) is 0 Å². The molecule has 0 aliphatic heterocycles. The summed E-state index contributed by atoms with van der Waals surface area (Å²) in [7, 11) is 2.84. The summed E-state index contributed by atoms with van der Waals surface area (Å²) >= 11 is 6.04. The molecule has 9 nitrogen and oxygen atoms in total. The van der Waals surface area contributed by atoms with E-state index in [9.17, 15) is 9.59 Å². The number of benzene rings is 2. The Morgan fingerprint density at radius 2 is 1.53 bits per heavy atom. The lowest BCUT2D eigenvalue weighted by molar-refractivity contribution is -0.126. The van der Waals surface area contributed by atoms with E-state index in [1.807, 2.05) is 13.8 Å². The summed E-state index contributed by atoms with van der Waals surface area (Å²) in [5.41, 5.74) is 0.507. The molecule has 1 unspecified atom stereocenters. The summed E-state index contributed by atoms with van der Waals surface area (Å²) in [5, 5.41) is 11.1. The molecule has 2 aromatic carbocycles. The van der Waals surface area contributed by atoms with Crippen LogP contribution in [0.1, 0.15) is 20.8 Å². The molecule has 1 atom stereocenters. The number of azo groups is 1. The van der Waals surface area contributed by atoms with Crippen LogP contribution >= 0.6 is 11.6 Å². The van der Waals surface area contributed by atoms with Crippen molar-refractivity contribution in [2.45, 2.75) is 26.8 Å². The molecule has 2 aromatic rings. The SMILES string of the molecule is CCOc1cccc(OCC)c1N=NC(C(C)=O)C(=O)Nc1c(OC)cc(Cl)cc1OC. The molecule has 0 radical (unpaired) electrons. The van der Waals surface area contributed by atoms with Crippen LogP contribution in [0, 0.1) is 0 Å². The van der Waals surface area contributed by atoms with Crippen LogP contribution < -0.4 is 24.3 Å². The van der Waals surface area contributed by atoms with Crippen LogP contribution in [0.2, 0.25) is 5.02 Å². The van der Waals surface area contributed by atoms with Gasteiger partial charge in [-0.2, -0.15) is 5.11 Å². The zero-order chi connectivity index (χ0) is 23.7. The van der Waals surface area contributed by atoms with Crippen molar-refractivity contribution in [3.63, 3.8) is 0 Å². The summed E-state index contributed by atoms with van der Waals surface area (Å²) in [6.45, 7) is 5.69. The number of Topliss-reactive ketones (excluding diaryl/α,β-unsaturated/α-hetero) is 1. The van der Waals surface area contributed by atoms with E-state index in [-0.39, 0.29) is 22.9 Å². The number of rotatable bonds is 11. The Balaban J connectivity index is 2.40. The number of hydrogen-bond acceptors (Lipinski definition) is 8. The molecule has 0 fully saturated rings. The van der Waals surface area contributed by atoms with Gasteiger partial charge in [-0.1, -0.05) is 17.7 Å². The van der Waals surface area contributed by atoms with E-state index in [1.165, 1.54) is 33.3 Å². The molecule has 1 N–H and O–H groups in total. The quantitative estimate of drug-likeness (QED) is 0.377. The second kappa shape index (κ2) is 11.9. The van der Waals surface area contributed by atoms with Crippen LogP contribution in [-0.4, -0.2) is 45.2 Å². The number of nitrogens with zero attached hydrogens (tertiary/aromatic N) is 2. The minimum Gasteiger partial charge on any atom is -0.494 e. The highest BCUT2D eigenvalue weighted by Crippen LogP contribution is 2.39. The zero-order valence-corrected chi connectivity index (χ0v) is 19.4. The number of halogens is 1. The van der Waals surface area contributed by atoms with Crippen molar-refractivity contribution in [1.82, 2.24) is 0 Å². The first-order valence-electron chi connectivity index (χ1n) is 9.88. The fourth-order valence-electron chi connectivity index (χ4n) is 2.77. The fraction of sp³-hybridized carbons (Fsp3) is 0.364. The summed E-state index contributed by atoms with van der Waals surface area (Å²) in [5.74, 6) is 0.151. The van der Waals surface area contributed by atoms with Gasteiger partial charge >= 0.3 is 0 Å². The van der Waals surface area contributed by atoms with Crippen LogP contribution in [0.15, 0.2) is 40.6 Å². The van der Waals surface area contributed by atoms with Gasteiger partial charge < -0.3 is 24.3 Å². The lowest BCUT2D eigenvalue weighted by Gasteiger charge is -2.16. The Bertz CT molecular complexity index is 946. The normalized spacial score (nSPS) is 11.7. The van der Waals surface area contributed by atoms with Crippen molar-refractivity contribution in [1.29, 1.82) is 0 Å². The molecule has 0 saturated carbocycles. The van der Waals surface area contributed by atoms with E-state index in [2.05, 4.69) is 15.5 Å². The van der Waals surface area contributed by atoms with Gasteiger partial charge in [0.15, 0.2) is 23.0 Å². The summed E-state index contributed by atoms with van der Waals surface area (Å²) in [6, 6.07) is 6.75. The number of methoxy groups -OCH3 is 2. The van der Waals surface area contributed by atoms with Crippen molar-refractivity contribution in [2.24, 2.45) is 10.2 Å². The highest BCUT2D eigenvalue weighted by atomic mass is 35.5. The molecule has 0 saturated heterocycles. The predicted molar refractivity (Wildman–Crippen MR) is 121 cm³/mol. The van der Waals surface area contributed by atoms with Crippen LogP contribution in [0.4, 0.5) is 11.4 Å². The number of carbonyl (C=O) groups is 2. The molecule has 2 rings (SSSR count). The topological polar surface area (TPSA) is 108 Å². The Labute approximate surface area is 191 Å². The minimum atomic E-state index is -1.43. The third kappa shape index (κ3) is 6.10. The minimum absolute atomic E-state index is 0.218. The second-order valence-corrected chi connectivity index (χ2v) is 6.81. The van der Waals surface area contributed by atoms with Crippen LogP contribution in [-0.2, 0) is 9.59 Å². The van der Waals surface area contributed by atoms with Crippen molar-refractivity contribution < 1.29 is 28.5 Å². The maximum atomic E-state index is 12.9. The maximum absolute atomic E-state index is 12.9.